The van der Waals surface area contributed by atoms with Crippen molar-refractivity contribution in [1.82, 2.24) is 10.2 Å². The molecule has 2 rings (SSSR count). The van der Waals surface area contributed by atoms with Crippen LogP contribution in [0.25, 0.3) is 0 Å². The van der Waals surface area contributed by atoms with Crippen molar-refractivity contribution in [1.29, 1.82) is 0 Å². The molecule has 0 spiro atoms. The second-order valence-electron chi connectivity index (χ2n) is 3.80. The van der Waals surface area contributed by atoms with E-state index in [-0.39, 0.29) is 11.9 Å². The molecule has 0 aliphatic heterocycles. The highest BCUT2D eigenvalue weighted by Gasteiger charge is 2.14. The van der Waals surface area contributed by atoms with Crippen LogP contribution in [0.15, 0.2) is 22.6 Å². The summed E-state index contributed by atoms with van der Waals surface area (Å²) >= 11 is 5.91. The zero-order chi connectivity index (χ0) is 13.8. The van der Waals surface area contributed by atoms with E-state index >= 15 is 0 Å². The van der Waals surface area contributed by atoms with Crippen LogP contribution >= 0.6 is 11.6 Å². The van der Waals surface area contributed by atoms with E-state index in [1.807, 2.05) is 6.92 Å². The lowest BCUT2D eigenvalue weighted by Crippen LogP contribution is -2.15. The van der Waals surface area contributed by atoms with E-state index < -0.39 is 0 Å². The summed E-state index contributed by atoms with van der Waals surface area (Å²) in [6, 6.07) is 5.11. The van der Waals surface area contributed by atoms with Gasteiger partial charge < -0.3 is 9.73 Å². The van der Waals surface area contributed by atoms with Gasteiger partial charge in [0.2, 0.25) is 5.89 Å². The minimum Gasteiger partial charge on any atom is -0.408 e. The van der Waals surface area contributed by atoms with Gasteiger partial charge in [-0.2, -0.15) is 0 Å². The normalized spacial score (nSPS) is 10.3. The number of benzene rings is 1. The van der Waals surface area contributed by atoms with Gasteiger partial charge in [0.25, 0.3) is 5.91 Å². The summed E-state index contributed by atoms with van der Waals surface area (Å²) in [5.74, 6) is 0.0235. The summed E-state index contributed by atoms with van der Waals surface area (Å²) in [6.45, 7) is 4.28. The summed E-state index contributed by atoms with van der Waals surface area (Å²) < 4.78 is 5.10. The van der Waals surface area contributed by atoms with Gasteiger partial charge in [0, 0.05) is 24.2 Å². The first-order chi connectivity index (χ1) is 9.10. The summed E-state index contributed by atoms with van der Waals surface area (Å²) in [5, 5.41) is 13.4. The van der Waals surface area contributed by atoms with Crippen LogP contribution in [0.3, 0.4) is 0 Å². The molecule has 1 aromatic carbocycles. The third kappa shape index (κ3) is 3.23. The summed E-state index contributed by atoms with van der Waals surface area (Å²) in [7, 11) is 0. The Morgan fingerprint density at radius 3 is 2.84 bits per heavy atom. The van der Waals surface area contributed by atoms with E-state index in [0.717, 1.165) is 0 Å². The number of halogens is 1. The molecule has 0 aliphatic rings. The van der Waals surface area contributed by atoms with Gasteiger partial charge >= 0.3 is 6.01 Å². The quantitative estimate of drug-likeness (QED) is 0.900. The molecule has 1 amide bonds. The SMILES string of the molecule is CCNc1ccc(Cl)cc1C(=O)Nc1nnc(C)o1. The fourth-order valence-corrected chi connectivity index (χ4v) is 1.73. The number of carbonyl (C=O) groups excluding carboxylic acids is 1. The van der Waals surface area contributed by atoms with E-state index in [2.05, 4.69) is 20.8 Å². The Morgan fingerprint density at radius 1 is 1.42 bits per heavy atom. The summed E-state index contributed by atoms with van der Waals surface area (Å²) in [6.07, 6.45) is 0. The monoisotopic (exact) mass is 280 g/mol. The maximum atomic E-state index is 12.1. The Labute approximate surface area is 115 Å². The van der Waals surface area contributed by atoms with Crippen molar-refractivity contribution in [2.45, 2.75) is 13.8 Å². The largest absolute Gasteiger partial charge is 0.408 e. The molecule has 0 saturated carbocycles. The Hall–Kier alpha value is -2.08. The minimum absolute atomic E-state index is 0.0601. The van der Waals surface area contributed by atoms with Gasteiger partial charge in [-0.25, -0.2) is 0 Å². The van der Waals surface area contributed by atoms with Crippen LogP contribution < -0.4 is 10.6 Å². The Morgan fingerprint density at radius 2 is 2.21 bits per heavy atom. The van der Waals surface area contributed by atoms with Crippen molar-refractivity contribution in [2.75, 3.05) is 17.2 Å². The predicted molar refractivity (Wildman–Crippen MR) is 72.6 cm³/mol. The molecule has 2 aromatic rings. The fourth-order valence-electron chi connectivity index (χ4n) is 1.56. The average molecular weight is 281 g/mol. The zero-order valence-corrected chi connectivity index (χ0v) is 11.3. The van der Waals surface area contributed by atoms with Crippen LogP contribution in [0.5, 0.6) is 0 Å². The van der Waals surface area contributed by atoms with Crippen molar-refractivity contribution >= 4 is 29.2 Å². The molecule has 7 heteroatoms. The topological polar surface area (TPSA) is 80.0 Å². The molecule has 0 aliphatic carbocycles. The number of carbonyl (C=O) groups is 1. The molecule has 0 unspecified atom stereocenters. The van der Waals surface area contributed by atoms with Gasteiger partial charge in [0.1, 0.15) is 0 Å². The summed E-state index contributed by atoms with van der Waals surface area (Å²) in [5.41, 5.74) is 1.12. The zero-order valence-electron chi connectivity index (χ0n) is 10.5. The molecule has 0 bridgehead atoms. The number of nitrogens with one attached hydrogen (secondary N) is 2. The predicted octanol–water partition coefficient (Wildman–Crippen LogP) is 2.72. The van der Waals surface area contributed by atoms with Crippen LogP contribution in [-0.2, 0) is 0 Å². The molecule has 6 nitrogen and oxygen atoms in total. The number of aromatic nitrogens is 2. The van der Waals surface area contributed by atoms with Gasteiger partial charge in [0.05, 0.1) is 5.56 Å². The molecular weight excluding hydrogens is 268 g/mol. The van der Waals surface area contributed by atoms with Gasteiger partial charge in [-0.15, -0.1) is 5.10 Å². The molecule has 0 atom stereocenters. The van der Waals surface area contributed by atoms with E-state index in [1.54, 1.807) is 25.1 Å². The fraction of sp³-hybridized carbons (Fsp3) is 0.250. The third-order valence-electron chi connectivity index (χ3n) is 2.34. The maximum Gasteiger partial charge on any atom is 0.322 e. The molecular formula is C12H13ClN4O2. The van der Waals surface area contributed by atoms with E-state index in [0.29, 0.717) is 28.7 Å². The molecule has 19 heavy (non-hydrogen) atoms. The Balaban J connectivity index is 2.24. The first-order valence-corrected chi connectivity index (χ1v) is 6.13. The standard InChI is InChI=1S/C12H13ClN4O2/c1-3-14-10-5-4-8(13)6-9(10)11(18)15-12-17-16-7(2)19-12/h4-6,14H,3H2,1-2H3,(H,15,17,18). The highest BCUT2D eigenvalue weighted by Crippen LogP contribution is 2.21. The first kappa shape index (κ1) is 13.4. The van der Waals surface area contributed by atoms with Gasteiger partial charge in [-0.05, 0) is 25.1 Å². The second-order valence-corrected chi connectivity index (χ2v) is 4.24. The van der Waals surface area contributed by atoms with Crippen LogP contribution in [-0.4, -0.2) is 22.6 Å². The van der Waals surface area contributed by atoms with Crippen LogP contribution in [0.1, 0.15) is 23.2 Å². The third-order valence-corrected chi connectivity index (χ3v) is 2.58. The van der Waals surface area contributed by atoms with Crippen molar-refractivity contribution in [3.05, 3.63) is 34.7 Å². The smallest absolute Gasteiger partial charge is 0.322 e. The Bertz CT molecular complexity index is 597. The molecule has 0 saturated heterocycles. The molecule has 2 N–H and O–H groups in total. The van der Waals surface area contributed by atoms with Crippen LogP contribution in [0.4, 0.5) is 11.7 Å². The lowest BCUT2D eigenvalue weighted by molar-refractivity contribution is 0.102. The second kappa shape index (κ2) is 5.71. The lowest BCUT2D eigenvalue weighted by Gasteiger charge is -2.09. The van der Waals surface area contributed by atoms with Crippen molar-refractivity contribution in [3.63, 3.8) is 0 Å². The number of nitrogens with zero attached hydrogens (tertiary/aromatic N) is 2. The van der Waals surface area contributed by atoms with Crippen molar-refractivity contribution in [3.8, 4) is 0 Å². The number of hydrogen-bond acceptors (Lipinski definition) is 5. The van der Waals surface area contributed by atoms with Crippen molar-refractivity contribution < 1.29 is 9.21 Å². The van der Waals surface area contributed by atoms with Crippen molar-refractivity contribution in [2.24, 2.45) is 0 Å². The number of hydrogen-bond donors (Lipinski definition) is 2. The minimum atomic E-state index is -0.359. The van der Waals surface area contributed by atoms with Gasteiger partial charge in [-0.1, -0.05) is 16.7 Å². The maximum absolute atomic E-state index is 12.1. The first-order valence-electron chi connectivity index (χ1n) is 5.75. The number of rotatable bonds is 4. The van der Waals surface area contributed by atoms with E-state index in [1.165, 1.54) is 0 Å². The van der Waals surface area contributed by atoms with Gasteiger partial charge in [-0.3, -0.25) is 10.1 Å². The number of amides is 1. The van der Waals surface area contributed by atoms with Crippen LogP contribution in [0.2, 0.25) is 5.02 Å². The van der Waals surface area contributed by atoms with E-state index in [9.17, 15) is 4.79 Å². The molecule has 0 fully saturated rings. The van der Waals surface area contributed by atoms with Gasteiger partial charge in [0.15, 0.2) is 0 Å². The Kier molecular flexibility index (Phi) is 4.01. The van der Waals surface area contributed by atoms with E-state index in [4.69, 9.17) is 16.0 Å². The van der Waals surface area contributed by atoms with Crippen LogP contribution in [0, 0.1) is 6.92 Å². The lowest BCUT2D eigenvalue weighted by atomic mass is 10.1. The molecule has 100 valence electrons. The highest BCUT2D eigenvalue weighted by molar-refractivity contribution is 6.31. The number of aryl methyl sites for hydroxylation is 1. The number of anilines is 2. The molecule has 1 aromatic heterocycles. The highest BCUT2D eigenvalue weighted by atomic mass is 35.5. The molecule has 0 radical (unpaired) electrons. The molecule has 1 heterocycles. The average Bonchev–Trinajstić information content (AvgIpc) is 2.77. The summed E-state index contributed by atoms with van der Waals surface area (Å²) in [4.78, 5) is 12.1.